The molecule has 0 fully saturated rings. The lowest BCUT2D eigenvalue weighted by Gasteiger charge is -2.11. The Labute approximate surface area is 243 Å². The maximum Gasteiger partial charge on any atom is 0.0620 e. The van der Waals surface area contributed by atoms with E-state index >= 15 is 0 Å². The van der Waals surface area contributed by atoms with Gasteiger partial charge in [0.15, 0.2) is 0 Å². The molecule has 0 bridgehead atoms. The lowest BCUT2D eigenvalue weighted by atomic mass is 10.00. The van der Waals surface area contributed by atoms with Gasteiger partial charge in [-0.3, -0.25) is 0 Å². The molecule has 3 heterocycles. The molecule has 0 atom stereocenters. The highest BCUT2D eigenvalue weighted by Crippen LogP contribution is 2.41. The van der Waals surface area contributed by atoms with E-state index < -0.39 is 0 Å². The lowest BCUT2D eigenvalue weighted by Crippen LogP contribution is -1.92. The molecule has 0 aliphatic heterocycles. The van der Waals surface area contributed by atoms with Crippen LogP contribution in [-0.4, -0.2) is 8.80 Å². The average Bonchev–Trinajstić information content (AvgIpc) is 3.48. The van der Waals surface area contributed by atoms with E-state index in [9.17, 15) is 0 Å². The SMILES string of the molecule is Cc1ccc2c(c1)c1cc(C)cc3c4cc(C)cc5c6cc(C)ccc6n(c6ccccc6c6ccccc6n2c13)c54. The predicted octanol–water partition coefficient (Wildman–Crippen LogP) is 10.9. The summed E-state index contributed by atoms with van der Waals surface area (Å²) in [6.45, 7) is 8.87. The van der Waals surface area contributed by atoms with Crippen molar-refractivity contribution in [2.24, 2.45) is 0 Å². The molecule has 0 aliphatic rings. The van der Waals surface area contributed by atoms with Crippen LogP contribution in [0.25, 0.3) is 76.2 Å². The molecule has 0 aliphatic carbocycles. The van der Waals surface area contributed by atoms with Crippen LogP contribution in [0.5, 0.6) is 0 Å². The van der Waals surface area contributed by atoms with Crippen molar-refractivity contribution in [1.82, 2.24) is 8.80 Å². The summed E-state index contributed by atoms with van der Waals surface area (Å²) in [5.74, 6) is 0. The Morgan fingerprint density at radius 3 is 1.07 bits per heavy atom. The van der Waals surface area contributed by atoms with Crippen LogP contribution in [0.15, 0.2) is 109 Å². The van der Waals surface area contributed by atoms with Gasteiger partial charge >= 0.3 is 0 Å². The minimum absolute atomic E-state index is 1.21. The Balaban J connectivity index is 1.81. The van der Waals surface area contributed by atoms with Gasteiger partial charge in [-0.15, -0.1) is 0 Å². The molecule has 0 N–H and O–H groups in total. The summed E-state index contributed by atoms with van der Waals surface area (Å²) >= 11 is 0. The lowest BCUT2D eigenvalue weighted by molar-refractivity contribution is 1.33. The molecule has 0 saturated heterocycles. The summed E-state index contributed by atoms with van der Waals surface area (Å²) in [7, 11) is 0. The van der Waals surface area contributed by atoms with Gasteiger partial charge < -0.3 is 8.80 Å². The number of para-hydroxylation sites is 2. The molecule has 3 aromatic heterocycles. The van der Waals surface area contributed by atoms with Crippen molar-refractivity contribution in [2.45, 2.75) is 27.7 Å². The van der Waals surface area contributed by atoms with Crippen LogP contribution in [-0.2, 0) is 0 Å². The molecule has 0 unspecified atom stereocenters. The van der Waals surface area contributed by atoms with Crippen LogP contribution >= 0.6 is 0 Å². The van der Waals surface area contributed by atoms with Crippen molar-refractivity contribution in [3.05, 3.63) is 131 Å². The van der Waals surface area contributed by atoms with Gasteiger partial charge in [0.1, 0.15) is 0 Å². The van der Waals surface area contributed by atoms with Crippen molar-refractivity contribution in [1.29, 1.82) is 0 Å². The van der Waals surface area contributed by atoms with E-state index in [0.717, 1.165) is 0 Å². The van der Waals surface area contributed by atoms with Crippen molar-refractivity contribution in [3.63, 3.8) is 0 Å². The Kier molecular flexibility index (Phi) is 4.63. The average molecular weight is 539 g/mol. The topological polar surface area (TPSA) is 8.82 Å². The highest BCUT2D eigenvalue weighted by Gasteiger charge is 2.19. The second kappa shape index (κ2) is 8.24. The molecule has 0 radical (unpaired) electrons. The van der Waals surface area contributed by atoms with E-state index in [1.165, 1.54) is 98.4 Å². The summed E-state index contributed by atoms with van der Waals surface area (Å²) in [6, 6.07) is 41.3. The summed E-state index contributed by atoms with van der Waals surface area (Å²) < 4.78 is 5.06. The number of nitrogens with zero attached hydrogens (tertiary/aromatic N) is 2. The standard InChI is InChI=1S/C40H30N2/c1-23-13-15-37-29(17-23)31-19-25(3)21-33-34-22-26(4)20-32-30-18-24(2)14-16-38(30)42(40(32)34)36-12-8-6-10-28(36)27-9-5-7-11-35(27)41(37)39(31)33/h5-22H,1-4H3. The summed E-state index contributed by atoms with van der Waals surface area (Å²) in [5.41, 5.74) is 12.6. The fourth-order valence-corrected chi connectivity index (χ4v) is 7.52. The highest BCUT2D eigenvalue weighted by molar-refractivity contribution is 6.26. The van der Waals surface area contributed by atoms with Crippen molar-refractivity contribution in [2.75, 3.05) is 0 Å². The van der Waals surface area contributed by atoms with Gasteiger partial charge in [-0.25, -0.2) is 0 Å². The smallest absolute Gasteiger partial charge is 0.0620 e. The maximum absolute atomic E-state index is 2.53. The molecule has 0 spiro atoms. The number of aromatic nitrogens is 2. The van der Waals surface area contributed by atoms with Gasteiger partial charge in [0.05, 0.1) is 33.1 Å². The van der Waals surface area contributed by atoms with Gasteiger partial charge in [-0.05, 0) is 99.5 Å². The van der Waals surface area contributed by atoms with Crippen LogP contribution < -0.4 is 0 Å². The normalized spacial score (nSPS) is 12.3. The van der Waals surface area contributed by atoms with Crippen LogP contribution in [0, 0.1) is 27.7 Å². The van der Waals surface area contributed by atoms with Crippen molar-refractivity contribution >= 4 is 76.2 Å². The summed E-state index contributed by atoms with van der Waals surface area (Å²) in [6.07, 6.45) is 0. The number of rotatable bonds is 0. The Morgan fingerprint density at radius 1 is 0.310 bits per heavy atom. The first-order valence-corrected chi connectivity index (χ1v) is 14.8. The van der Waals surface area contributed by atoms with E-state index in [1.807, 2.05) is 0 Å². The van der Waals surface area contributed by atoms with Crippen LogP contribution in [0.3, 0.4) is 0 Å². The van der Waals surface area contributed by atoms with Crippen molar-refractivity contribution in [3.8, 4) is 0 Å². The summed E-state index contributed by atoms with van der Waals surface area (Å²) in [5, 5.41) is 10.2. The van der Waals surface area contributed by atoms with Crippen LogP contribution in [0.2, 0.25) is 0 Å². The van der Waals surface area contributed by atoms with E-state index in [-0.39, 0.29) is 0 Å². The molecular formula is C40H30N2. The molecule has 9 rings (SSSR count). The molecule has 0 saturated carbocycles. The van der Waals surface area contributed by atoms with E-state index in [0.29, 0.717) is 0 Å². The fourth-order valence-electron chi connectivity index (χ4n) is 7.52. The third kappa shape index (κ3) is 3.04. The number of benzene rings is 6. The maximum atomic E-state index is 2.53. The monoisotopic (exact) mass is 538 g/mol. The Bertz CT molecular complexity index is 2480. The summed E-state index contributed by atoms with van der Waals surface area (Å²) in [4.78, 5) is 0. The zero-order chi connectivity index (χ0) is 28.3. The third-order valence-electron chi connectivity index (χ3n) is 9.19. The molecule has 2 heteroatoms. The quantitative estimate of drug-likeness (QED) is 0.182. The largest absolute Gasteiger partial charge is 0.308 e. The van der Waals surface area contributed by atoms with E-state index in [4.69, 9.17) is 0 Å². The third-order valence-corrected chi connectivity index (χ3v) is 9.19. The number of aryl methyl sites for hydroxylation is 4. The Hall–Kier alpha value is -5.08. The van der Waals surface area contributed by atoms with Gasteiger partial charge in [-0.2, -0.15) is 0 Å². The fraction of sp³-hybridized carbons (Fsp3) is 0.100. The minimum atomic E-state index is 1.21. The predicted molar refractivity (Wildman–Crippen MR) is 181 cm³/mol. The molecule has 6 aromatic carbocycles. The first-order valence-electron chi connectivity index (χ1n) is 14.8. The van der Waals surface area contributed by atoms with Gasteiger partial charge in [-0.1, -0.05) is 59.7 Å². The molecule has 0 amide bonds. The highest BCUT2D eigenvalue weighted by atomic mass is 14.9. The molecular weight excluding hydrogens is 508 g/mol. The first kappa shape index (κ1) is 23.6. The van der Waals surface area contributed by atoms with Gasteiger partial charge in [0.2, 0.25) is 0 Å². The second-order valence-electron chi connectivity index (χ2n) is 12.2. The van der Waals surface area contributed by atoms with Crippen LogP contribution in [0.4, 0.5) is 0 Å². The van der Waals surface area contributed by atoms with Crippen LogP contribution in [0.1, 0.15) is 22.3 Å². The minimum Gasteiger partial charge on any atom is -0.308 e. The molecule has 2 nitrogen and oxygen atoms in total. The second-order valence-corrected chi connectivity index (χ2v) is 12.2. The number of fused-ring (bicyclic) bond motifs is 12. The van der Waals surface area contributed by atoms with E-state index in [1.54, 1.807) is 0 Å². The van der Waals surface area contributed by atoms with E-state index in [2.05, 4.69) is 146 Å². The Morgan fingerprint density at radius 2 is 0.643 bits per heavy atom. The first-order chi connectivity index (χ1) is 20.5. The molecule has 200 valence electrons. The zero-order valence-electron chi connectivity index (χ0n) is 24.3. The number of hydrogen-bond donors (Lipinski definition) is 0. The molecule has 42 heavy (non-hydrogen) atoms. The van der Waals surface area contributed by atoms with Gasteiger partial charge in [0.25, 0.3) is 0 Å². The number of hydrogen-bond acceptors (Lipinski definition) is 0. The molecule has 9 aromatic rings. The van der Waals surface area contributed by atoms with Crippen molar-refractivity contribution < 1.29 is 0 Å². The zero-order valence-corrected chi connectivity index (χ0v) is 24.3. The van der Waals surface area contributed by atoms with Gasteiger partial charge in [0, 0.05) is 43.1 Å².